The van der Waals surface area contributed by atoms with Crippen LogP contribution in [0.3, 0.4) is 0 Å². The van der Waals surface area contributed by atoms with Crippen molar-refractivity contribution < 1.29 is 14.6 Å². The molecule has 4 N–H and O–H groups in total. The summed E-state index contributed by atoms with van der Waals surface area (Å²) in [6.07, 6.45) is 0. The molecule has 0 radical (unpaired) electrons. The van der Waals surface area contributed by atoms with E-state index in [0.29, 0.717) is 11.5 Å². The van der Waals surface area contributed by atoms with E-state index >= 15 is 0 Å². The Morgan fingerprint density at radius 2 is 2.29 bits per heavy atom. The highest BCUT2D eigenvalue weighted by Gasteiger charge is 2.22. The van der Waals surface area contributed by atoms with Crippen LogP contribution in [0.1, 0.15) is 31.1 Å². The summed E-state index contributed by atoms with van der Waals surface area (Å²) < 4.78 is 8.78. The van der Waals surface area contributed by atoms with Gasteiger partial charge in [-0.05, 0) is 32.3 Å². The van der Waals surface area contributed by atoms with Crippen molar-refractivity contribution in [2.24, 2.45) is 0 Å². The minimum atomic E-state index is -0.884. The van der Waals surface area contributed by atoms with Gasteiger partial charge in [0.05, 0.1) is 12.2 Å². The number of esters is 1. The van der Waals surface area contributed by atoms with Crippen LogP contribution in [0, 0.1) is 0 Å². The fourth-order valence-electron chi connectivity index (χ4n) is 1.12. The Morgan fingerprint density at radius 3 is 2.82 bits per heavy atom. The van der Waals surface area contributed by atoms with Crippen molar-refractivity contribution in [1.82, 2.24) is 4.37 Å². The van der Waals surface area contributed by atoms with E-state index in [4.69, 9.17) is 10.5 Å². The van der Waals surface area contributed by atoms with Crippen molar-refractivity contribution in [1.29, 1.82) is 0 Å². The molecule has 0 aliphatic heterocycles. The van der Waals surface area contributed by atoms with Crippen LogP contribution < -0.4 is 11.1 Å². The molecule has 0 unspecified atom stereocenters. The first kappa shape index (κ1) is 13.7. The van der Waals surface area contributed by atoms with Crippen molar-refractivity contribution in [3.8, 4) is 0 Å². The molecule has 0 spiro atoms. The fraction of sp³-hybridized carbons (Fsp3) is 0.600. The molecule has 96 valence electrons. The molecule has 1 heterocycles. The van der Waals surface area contributed by atoms with Crippen LogP contribution in [0.25, 0.3) is 0 Å². The topological polar surface area (TPSA) is 97.5 Å². The zero-order valence-electron chi connectivity index (χ0n) is 10.1. The van der Waals surface area contributed by atoms with E-state index in [1.165, 1.54) is 0 Å². The molecular formula is C10H17N3O3S. The molecule has 17 heavy (non-hydrogen) atoms. The van der Waals surface area contributed by atoms with Crippen LogP contribution >= 0.6 is 11.5 Å². The van der Waals surface area contributed by atoms with Gasteiger partial charge >= 0.3 is 5.97 Å². The Balaban J connectivity index is 2.83. The Morgan fingerprint density at radius 1 is 1.65 bits per heavy atom. The first-order valence-corrected chi connectivity index (χ1v) is 6.01. The lowest BCUT2D eigenvalue weighted by Gasteiger charge is -2.17. The van der Waals surface area contributed by atoms with Crippen LogP contribution in [0.2, 0.25) is 0 Å². The standard InChI is InChI=1S/C10H17N3O3S/c1-4-16-9(14)6-7(11)13-17-8(6)12-5-10(2,3)15/h12,15H,4-5H2,1-3H3,(H2,11,13). The van der Waals surface area contributed by atoms with Gasteiger partial charge in [0, 0.05) is 6.54 Å². The largest absolute Gasteiger partial charge is 0.462 e. The maximum absolute atomic E-state index is 11.6. The molecule has 0 saturated heterocycles. The monoisotopic (exact) mass is 259 g/mol. The number of nitrogens with one attached hydrogen (secondary N) is 1. The number of nitrogen functional groups attached to an aromatic ring is 1. The summed E-state index contributed by atoms with van der Waals surface area (Å²) in [5, 5.41) is 13.0. The maximum Gasteiger partial charge on any atom is 0.344 e. The van der Waals surface area contributed by atoms with E-state index in [1.54, 1.807) is 20.8 Å². The van der Waals surface area contributed by atoms with Gasteiger partial charge in [0.2, 0.25) is 0 Å². The molecule has 0 atom stereocenters. The summed E-state index contributed by atoms with van der Waals surface area (Å²) in [7, 11) is 0. The van der Waals surface area contributed by atoms with Crippen molar-refractivity contribution in [3.05, 3.63) is 5.56 Å². The van der Waals surface area contributed by atoms with E-state index in [-0.39, 0.29) is 18.0 Å². The van der Waals surface area contributed by atoms with E-state index in [2.05, 4.69) is 9.69 Å². The van der Waals surface area contributed by atoms with Gasteiger partial charge in [0.25, 0.3) is 0 Å². The Bertz CT molecular complexity index is 398. The van der Waals surface area contributed by atoms with E-state index < -0.39 is 11.6 Å². The van der Waals surface area contributed by atoms with Crippen LogP contribution in [0.15, 0.2) is 0 Å². The second kappa shape index (κ2) is 5.33. The second-order valence-electron chi connectivity index (χ2n) is 4.16. The van der Waals surface area contributed by atoms with Gasteiger partial charge in [0.15, 0.2) is 5.82 Å². The number of carbonyl (C=O) groups excluding carboxylic acids is 1. The zero-order valence-corrected chi connectivity index (χ0v) is 10.9. The maximum atomic E-state index is 11.6. The number of ether oxygens (including phenoxy) is 1. The normalized spacial score (nSPS) is 11.3. The molecule has 1 rings (SSSR count). The van der Waals surface area contributed by atoms with Gasteiger partial charge < -0.3 is 20.9 Å². The average molecular weight is 259 g/mol. The van der Waals surface area contributed by atoms with E-state index in [9.17, 15) is 9.90 Å². The van der Waals surface area contributed by atoms with E-state index in [1.807, 2.05) is 0 Å². The van der Waals surface area contributed by atoms with Crippen molar-refractivity contribution in [2.75, 3.05) is 24.2 Å². The van der Waals surface area contributed by atoms with Crippen LogP contribution in [-0.4, -0.2) is 34.2 Å². The number of nitrogens with zero attached hydrogens (tertiary/aromatic N) is 1. The fourth-order valence-corrected chi connectivity index (χ4v) is 1.82. The Labute approximate surface area is 104 Å². The number of anilines is 2. The summed E-state index contributed by atoms with van der Waals surface area (Å²) in [4.78, 5) is 11.6. The Kier molecular flexibility index (Phi) is 4.30. The lowest BCUT2D eigenvalue weighted by atomic mass is 10.1. The molecule has 1 aromatic heterocycles. The number of aliphatic hydroxyl groups is 1. The van der Waals surface area contributed by atoms with Crippen molar-refractivity contribution in [3.63, 3.8) is 0 Å². The molecule has 0 saturated carbocycles. The molecule has 0 aliphatic rings. The van der Waals surface area contributed by atoms with Crippen molar-refractivity contribution >= 4 is 28.3 Å². The van der Waals surface area contributed by atoms with Gasteiger partial charge in [-0.2, -0.15) is 4.37 Å². The molecule has 6 nitrogen and oxygen atoms in total. The molecule has 0 bridgehead atoms. The van der Waals surface area contributed by atoms with Gasteiger partial charge in [-0.15, -0.1) is 0 Å². The third-order valence-corrected chi connectivity index (χ3v) is 2.70. The molecule has 7 heteroatoms. The van der Waals surface area contributed by atoms with Gasteiger partial charge in [-0.25, -0.2) is 4.79 Å². The highest BCUT2D eigenvalue weighted by atomic mass is 32.1. The smallest absolute Gasteiger partial charge is 0.344 e. The van der Waals surface area contributed by atoms with Crippen molar-refractivity contribution in [2.45, 2.75) is 26.4 Å². The average Bonchev–Trinajstić information content (AvgIpc) is 2.56. The number of aromatic nitrogens is 1. The number of nitrogens with two attached hydrogens (primary N) is 1. The van der Waals surface area contributed by atoms with Gasteiger partial charge in [-0.1, -0.05) is 0 Å². The van der Waals surface area contributed by atoms with Crippen LogP contribution in [0.4, 0.5) is 10.8 Å². The number of hydrogen-bond donors (Lipinski definition) is 3. The Hall–Kier alpha value is -1.34. The van der Waals surface area contributed by atoms with Crippen LogP contribution in [0.5, 0.6) is 0 Å². The third kappa shape index (κ3) is 3.86. The van der Waals surface area contributed by atoms with Crippen LogP contribution in [-0.2, 0) is 4.74 Å². The highest BCUT2D eigenvalue weighted by molar-refractivity contribution is 7.11. The first-order chi connectivity index (χ1) is 7.85. The molecule has 0 aromatic carbocycles. The van der Waals surface area contributed by atoms with E-state index in [0.717, 1.165) is 11.5 Å². The third-order valence-electron chi connectivity index (χ3n) is 1.88. The number of carbonyl (C=O) groups is 1. The predicted molar refractivity (Wildman–Crippen MR) is 67.3 cm³/mol. The van der Waals surface area contributed by atoms with Gasteiger partial charge in [0.1, 0.15) is 10.6 Å². The highest BCUT2D eigenvalue weighted by Crippen LogP contribution is 2.27. The SMILES string of the molecule is CCOC(=O)c1c(N)nsc1NCC(C)(C)O. The molecular weight excluding hydrogens is 242 g/mol. The minimum absolute atomic E-state index is 0.145. The summed E-state index contributed by atoms with van der Waals surface area (Å²) in [6.45, 7) is 5.61. The first-order valence-electron chi connectivity index (χ1n) is 5.23. The van der Waals surface area contributed by atoms with Gasteiger partial charge in [-0.3, -0.25) is 0 Å². The molecule has 1 aromatic rings. The lowest BCUT2D eigenvalue weighted by molar-refractivity contribution is 0.0528. The zero-order chi connectivity index (χ0) is 13.1. The summed E-state index contributed by atoms with van der Waals surface area (Å²) in [5.74, 6) is -0.358. The summed E-state index contributed by atoms with van der Waals surface area (Å²) in [5.41, 5.74) is 4.96. The second-order valence-corrected chi connectivity index (χ2v) is 4.93. The summed E-state index contributed by atoms with van der Waals surface area (Å²) >= 11 is 1.07. The lowest BCUT2D eigenvalue weighted by Crippen LogP contribution is -2.29. The summed E-state index contributed by atoms with van der Waals surface area (Å²) in [6, 6.07) is 0. The molecule has 0 amide bonds. The molecule has 0 aliphatic carbocycles. The predicted octanol–water partition coefficient (Wildman–Crippen LogP) is 1.08. The quantitative estimate of drug-likeness (QED) is 0.685. The minimum Gasteiger partial charge on any atom is -0.462 e. The number of hydrogen-bond acceptors (Lipinski definition) is 7. The number of rotatable bonds is 5. The molecule has 0 fully saturated rings.